The molecule has 1 aromatic carbocycles. The summed E-state index contributed by atoms with van der Waals surface area (Å²) in [5.74, 6) is -1.59. The van der Waals surface area contributed by atoms with E-state index < -0.39 is 11.4 Å². The zero-order valence-electron chi connectivity index (χ0n) is 11.9. The second-order valence-electron chi connectivity index (χ2n) is 5.73. The maximum atomic E-state index is 12.8. The number of nitrogens with one attached hydrogen (secondary N) is 1. The van der Waals surface area contributed by atoms with Crippen molar-refractivity contribution in [1.29, 1.82) is 0 Å². The quantitative estimate of drug-likeness (QED) is 0.834. The molecule has 1 aliphatic rings. The molecule has 1 fully saturated rings. The van der Waals surface area contributed by atoms with Crippen molar-refractivity contribution in [1.82, 2.24) is 0 Å². The number of carboxylic acid groups (broad SMARTS) is 1. The Hall–Kier alpha value is -1.91. The SMILES string of the molecule is O=C(CC1(C(=O)O)CCCCCC1)Nc1ccc(F)cc1. The number of carboxylic acids is 1. The highest BCUT2D eigenvalue weighted by Crippen LogP contribution is 2.38. The molecular formula is C16H20FNO3. The Morgan fingerprint density at radius 2 is 1.67 bits per heavy atom. The molecule has 0 aliphatic heterocycles. The zero-order chi connectivity index (χ0) is 15.3. The number of halogens is 1. The van der Waals surface area contributed by atoms with Crippen LogP contribution in [0.5, 0.6) is 0 Å². The third kappa shape index (κ3) is 4.03. The van der Waals surface area contributed by atoms with Gasteiger partial charge in [-0.25, -0.2) is 4.39 Å². The second kappa shape index (κ2) is 6.70. The van der Waals surface area contributed by atoms with Gasteiger partial charge in [-0.1, -0.05) is 25.7 Å². The highest BCUT2D eigenvalue weighted by atomic mass is 19.1. The topological polar surface area (TPSA) is 66.4 Å². The van der Waals surface area contributed by atoms with E-state index in [0.29, 0.717) is 18.5 Å². The van der Waals surface area contributed by atoms with Crippen LogP contribution in [0.1, 0.15) is 44.9 Å². The van der Waals surface area contributed by atoms with Gasteiger partial charge in [-0.05, 0) is 37.1 Å². The van der Waals surface area contributed by atoms with Crippen LogP contribution in [0.25, 0.3) is 0 Å². The number of carbonyl (C=O) groups excluding carboxylic acids is 1. The van der Waals surface area contributed by atoms with Gasteiger partial charge in [-0.15, -0.1) is 0 Å². The van der Waals surface area contributed by atoms with Crippen LogP contribution in [-0.2, 0) is 9.59 Å². The minimum absolute atomic E-state index is 0.0281. The van der Waals surface area contributed by atoms with Gasteiger partial charge < -0.3 is 10.4 Å². The molecule has 0 heterocycles. The van der Waals surface area contributed by atoms with Crippen molar-refractivity contribution in [3.8, 4) is 0 Å². The average molecular weight is 293 g/mol. The fourth-order valence-corrected chi connectivity index (χ4v) is 2.92. The first kappa shape index (κ1) is 15.5. The molecule has 0 spiro atoms. The minimum Gasteiger partial charge on any atom is -0.481 e. The first-order valence-corrected chi connectivity index (χ1v) is 7.31. The molecule has 5 heteroatoms. The van der Waals surface area contributed by atoms with Crippen LogP contribution in [0.2, 0.25) is 0 Å². The Morgan fingerprint density at radius 1 is 1.10 bits per heavy atom. The molecular weight excluding hydrogens is 273 g/mol. The van der Waals surface area contributed by atoms with E-state index in [0.717, 1.165) is 25.7 Å². The van der Waals surface area contributed by atoms with Crippen LogP contribution in [0.4, 0.5) is 10.1 Å². The van der Waals surface area contributed by atoms with Crippen molar-refractivity contribution in [3.63, 3.8) is 0 Å². The molecule has 114 valence electrons. The number of aliphatic carboxylic acids is 1. The number of rotatable bonds is 4. The van der Waals surface area contributed by atoms with Gasteiger partial charge in [0.2, 0.25) is 5.91 Å². The lowest BCUT2D eigenvalue weighted by molar-refractivity contribution is -0.152. The van der Waals surface area contributed by atoms with E-state index in [2.05, 4.69) is 5.32 Å². The third-order valence-electron chi connectivity index (χ3n) is 4.14. The molecule has 4 nitrogen and oxygen atoms in total. The molecule has 0 aromatic heterocycles. The summed E-state index contributed by atoms with van der Waals surface area (Å²) < 4.78 is 12.8. The fraction of sp³-hybridized carbons (Fsp3) is 0.500. The van der Waals surface area contributed by atoms with Crippen LogP contribution in [0.3, 0.4) is 0 Å². The monoisotopic (exact) mass is 293 g/mol. The second-order valence-corrected chi connectivity index (χ2v) is 5.73. The Morgan fingerprint density at radius 3 is 2.19 bits per heavy atom. The first-order valence-electron chi connectivity index (χ1n) is 7.31. The lowest BCUT2D eigenvalue weighted by atomic mass is 9.77. The van der Waals surface area contributed by atoms with Crippen molar-refractivity contribution in [3.05, 3.63) is 30.1 Å². The number of benzene rings is 1. The van der Waals surface area contributed by atoms with E-state index >= 15 is 0 Å². The molecule has 0 saturated heterocycles. The molecule has 2 rings (SSSR count). The summed E-state index contributed by atoms with van der Waals surface area (Å²) in [5, 5.41) is 12.2. The lowest BCUT2D eigenvalue weighted by Gasteiger charge is -2.27. The summed E-state index contributed by atoms with van der Waals surface area (Å²) >= 11 is 0. The molecule has 0 atom stereocenters. The predicted octanol–water partition coefficient (Wildman–Crippen LogP) is 3.58. The van der Waals surface area contributed by atoms with E-state index in [4.69, 9.17) is 0 Å². The number of anilines is 1. The Labute approximate surface area is 123 Å². The van der Waals surface area contributed by atoms with Crippen LogP contribution < -0.4 is 5.32 Å². The smallest absolute Gasteiger partial charge is 0.310 e. The normalized spacial score (nSPS) is 17.8. The van der Waals surface area contributed by atoms with Crippen LogP contribution in [-0.4, -0.2) is 17.0 Å². The van der Waals surface area contributed by atoms with Gasteiger partial charge in [0.25, 0.3) is 0 Å². The number of hydrogen-bond donors (Lipinski definition) is 2. The number of amides is 1. The third-order valence-corrected chi connectivity index (χ3v) is 4.14. The van der Waals surface area contributed by atoms with Gasteiger partial charge in [0.15, 0.2) is 0 Å². The summed E-state index contributed by atoms with van der Waals surface area (Å²) in [4.78, 5) is 23.8. The fourth-order valence-electron chi connectivity index (χ4n) is 2.92. The van der Waals surface area contributed by atoms with E-state index in [1.165, 1.54) is 24.3 Å². The largest absolute Gasteiger partial charge is 0.481 e. The Balaban J connectivity index is 2.04. The van der Waals surface area contributed by atoms with Gasteiger partial charge >= 0.3 is 5.97 Å². The molecule has 2 N–H and O–H groups in total. The van der Waals surface area contributed by atoms with Gasteiger partial charge in [0.05, 0.1) is 5.41 Å². The molecule has 21 heavy (non-hydrogen) atoms. The predicted molar refractivity (Wildman–Crippen MR) is 77.4 cm³/mol. The zero-order valence-corrected chi connectivity index (χ0v) is 11.9. The standard InChI is InChI=1S/C16H20FNO3/c17-12-5-7-13(8-6-12)18-14(19)11-16(15(20)21)9-3-1-2-4-10-16/h5-8H,1-4,9-11H2,(H,18,19)(H,20,21). The van der Waals surface area contributed by atoms with Crippen molar-refractivity contribution < 1.29 is 19.1 Å². The summed E-state index contributed by atoms with van der Waals surface area (Å²) in [6, 6.07) is 5.45. The van der Waals surface area contributed by atoms with Crippen LogP contribution >= 0.6 is 0 Å². The molecule has 1 saturated carbocycles. The maximum absolute atomic E-state index is 12.8. The average Bonchev–Trinajstić information content (AvgIpc) is 2.68. The maximum Gasteiger partial charge on any atom is 0.310 e. The molecule has 1 amide bonds. The molecule has 1 aromatic rings. The Bertz CT molecular complexity index is 505. The number of hydrogen-bond acceptors (Lipinski definition) is 2. The number of carbonyl (C=O) groups is 2. The highest BCUT2D eigenvalue weighted by Gasteiger charge is 2.40. The molecule has 1 aliphatic carbocycles. The Kier molecular flexibility index (Phi) is 4.94. The summed E-state index contributed by atoms with van der Waals surface area (Å²) in [6.45, 7) is 0. The van der Waals surface area contributed by atoms with Crippen molar-refractivity contribution >= 4 is 17.6 Å². The van der Waals surface area contributed by atoms with E-state index in [1.54, 1.807) is 0 Å². The summed E-state index contributed by atoms with van der Waals surface area (Å²) in [6.07, 6.45) is 4.79. The molecule has 0 unspecified atom stereocenters. The van der Waals surface area contributed by atoms with Crippen molar-refractivity contribution in [2.75, 3.05) is 5.32 Å². The van der Waals surface area contributed by atoms with Gasteiger partial charge in [0.1, 0.15) is 5.82 Å². The van der Waals surface area contributed by atoms with Gasteiger partial charge in [0, 0.05) is 12.1 Å². The van der Waals surface area contributed by atoms with Crippen LogP contribution in [0.15, 0.2) is 24.3 Å². The first-order chi connectivity index (χ1) is 10.0. The molecule has 0 bridgehead atoms. The summed E-state index contributed by atoms with van der Waals surface area (Å²) in [7, 11) is 0. The van der Waals surface area contributed by atoms with Crippen molar-refractivity contribution in [2.45, 2.75) is 44.9 Å². The highest BCUT2D eigenvalue weighted by molar-refractivity contribution is 5.94. The van der Waals surface area contributed by atoms with Crippen molar-refractivity contribution in [2.24, 2.45) is 5.41 Å². The van der Waals surface area contributed by atoms with E-state index in [9.17, 15) is 19.1 Å². The van der Waals surface area contributed by atoms with Crippen LogP contribution in [0, 0.1) is 11.2 Å². The summed E-state index contributed by atoms with van der Waals surface area (Å²) in [5.41, 5.74) is -0.476. The van der Waals surface area contributed by atoms with E-state index in [1.807, 2.05) is 0 Å². The van der Waals surface area contributed by atoms with Gasteiger partial charge in [-0.3, -0.25) is 9.59 Å². The van der Waals surface area contributed by atoms with Gasteiger partial charge in [-0.2, -0.15) is 0 Å². The minimum atomic E-state index is -0.958. The van der Waals surface area contributed by atoms with E-state index in [-0.39, 0.29) is 18.1 Å². The lowest BCUT2D eigenvalue weighted by Crippen LogP contribution is -2.35. The molecule has 0 radical (unpaired) electrons.